The number of carboxylic acids is 3. The van der Waals surface area contributed by atoms with E-state index in [1.165, 1.54) is 70.4 Å². The standard InChI is InChI=1S/C43H36N3O3S.C18H11N3O6.NO3.Ru/c1-28-23-34(46(32-12-16-35(47-3)17-13-32)33-14-18-36(48-4)19-15-33)24-29(2)43(28)42-21-20-41(50-42)31-26-39(30-9-8-10-37(25-30)49-5)45-40(27-31)38-11-6-7-22-44-38;22-16(23)9-1-3-19-12(5-9)14-7-11(18(26)27)8-15(21-14)13-6-10(17(24)25)2-4-20-13;2-1(3)4;/h6-24,26-27H,1-5H3;1-8H,(H,22,23)(H,24,25)(H,26,27);;/q-1;;-1;+2. The van der Waals surface area contributed by atoms with Gasteiger partial charge in [-0.25, -0.2) is 19.4 Å². The molecule has 0 aliphatic heterocycles. The first-order valence-corrected chi connectivity index (χ1v) is 25.1. The van der Waals surface area contributed by atoms with Gasteiger partial charge in [0.05, 0.1) is 77.3 Å². The van der Waals surface area contributed by atoms with Gasteiger partial charge in [-0.05, 0) is 169 Å². The van der Waals surface area contributed by atoms with E-state index in [0.717, 1.165) is 61.6 Å². The number of methoxy groups -OCH3 is 3. The van der Waals surface area contributed by atoms with Gasteiger partial charge in [-0.15, -0.1) is 35.1 Å². The van der Waals surface area contributed by atoms with E-state index in [2.05, 4.69) is 105 Å². The molecule has 10 aromatic rings. The minimum atomic E-state index is -1.75. The molecule has 4 aromatic carbocycles. The van der Waals surface area contributed by atoms with Crippen LogP contribution in [-0.2, 0) is 19.5 Å². The normalized spacial score (nSPS) is 10.4. The van der Waals surface area contributed by atoms with Crippen molar-refractivity contribution < 1.29 is 68.5 Å². The van der Waals surface area contributed by atoms with Gasteiger partial charge < -0.3 is 49.8 Å². The topological polar surface area (TPSA) is 273 Å². The molecule has 82 heavy (non-hydrogen) atoms. The van der Waals surface area contributed by atoms with Gasteiger partial charge in [0.2, 0.25) is 0 Å². The SMILES string of the molecule is COc1[c-]c(-c2cc(-c3ccc(-c4c(C)cc(N(c5ccc(OC)cc5)c5ccc(OC)cc5)cc4C)s3)cc(-c3ccccn3)n2)ccc1.O=C(O)c1ccnc(-c2cc(C(=O)O)cc(-c3cc(C(=O)O)ccn3)n2)c1.O=[N+]([O-])[O-].[Ru+2]. The first kappa shape index (κ1) is 59.4. The summed E-state index contributed by atoms with van der Waals surface area (Å²) in [7, 11) is 5.02. The zero-order chi connectivity index (χ0) is 57.7. The van der Waals surface area contributed by atoms with Crippen LogP contribution >= 0.6 is 11.3 Å². The second-order valence-electron chi connectivity index (χ2n) is 17.4. The van der Waals surface area contributed by atoms with E-state index in [1.807, 2.05) is 60.7 Å². The molecule has 0 fully saturated rings. The minimum Gasteiger partial charge on any atom is -0.516 e. The molecule has 0 unspecified atom stereocenters. The molecular formula is C61H47N7O12RuS. The minimum absolute atomic E-state index is 0. The van der Waals surface area contributed by atoms with E-state index in [0.29, 0.717) is 5.75 Å². The number of carbonyl (C=O) groups is 3. The van der Waals surface area contributed by atoms with Crippen molar-refractivity contribution in [1.82, 2.24) is 24.9 Å². The number of anilines is 3. The van der Waals surface area contributed by atoms with Crippen LogP contribution < -0.4 is 19.1 Å². The molecule has 0 saturated heterocycles. The largest absolute Gasteiger partial charge is 2.00 e. The number of carboxylic acid groups (broad SMARTS) is 3. The van der Waals surface area contributed by atoms with Gasteiger partial charge in [-0.2, -0.15) is 0 Å². The quantitative estimate of drug-likeness (QED) is 0.0372. The fraction of sp³-hybridized carbons (Fsp3) is 0.0820. The van der Waals surface area contributed by atoms with E-state index in [9.17, 15) is 19.5 Å². The van der Waals surface area contributed by atoms with Gasteiger partial charge in [0.25, 0.3) is 0 Å². The summed E-state index contributed by atoms with van der Waals surface area (Å²) in [4.78, 5) is 68.6. The maximum atomic E-state index is 11.5. The number of thiophene rings is 1. The van der Waals surface area contributed by atoms with Gasteiger partial charge in [-0.1, -0.05) is 18.2 Å². The van der Waals surface area contributed by atoms with Crippen molar-refractivity contribution in [1.29, 1.82) is 0 Å². The number of hydrogen-bond donors (Lipinski definition) is 3. The summed E-state index contributed by atoms with van der Waals surface area (Å²) in [6.07, 6.45) is 4.34. The molecule has 6 heterocycles. The van der Waals surface area contributed by atoms with Gasteiger partial charge >= 0.3 is 37.4 Å². The number of aryl methyl sites for hydroxylation is 2. The zero-order valence-corrected chi connectivity index (χ0v) is 46.7. The summed E-state index contributed by atoms with van der Waals surface area (Å²) in [5.41, 5.74) is 11.5. The van der Waals surface area contributed by atoms with Crippen LogP contribution in [-0.4, -0.2) is 84.6 Å². The Hall–Kier alpha value is -10.2. The number of aromatic carboxylic acids is 3. The second kappa shape index (κ2) is 27.1. The molecule has 10 rings (SSSR count). The summed E-state index contributed by atoms with van der Waals surface area (Å²) in [6, 6.07) is 52.2. The van der Waals surface area contributed by atoms with E-state index < -0.39 is 23.0 Å². The summed E-state index contributed by atoms with van der Waals surface area (Å²) in [6.45, 7) is 4.38. The Labute approximate surface area is 486 Å². The number of nitrogens with zero attached hydrogens (tertiary/aromatic N) is 7. The molecule has 0 aliphatic carbocycles. The number of aromatic nitrogens is 5. The molecule has 19 nitrogen and oxygen atoms in total. The third-order valence-electron chi connectivity index (χ3n) is 12.2. The number of rotatable bonds is 15. The number of hydrogen-bond acceptors (Lipinski definition) is 16. The monoisotopic (exact) mass is 1200 g/mol. The predicted molar refractivity (Wildman–Crippen MR) is 306 cm³/mol. The molecule has 0 spiro atoms. The maximum absolute atomic E-state index is 11.5. The predicted octanol–water partition coefficient (Wildman–Crippen LogP) is 13.2. The van der Waals surface area contributed by atoms with Gasteiger partial charge in [0.1, 0.15) is 11.5 Å². The van der Waals surface area contributed by atoms with Crippen molar-refractivity contribution in [2.45, 2.75) is 13.8 Å². The fourth-order valence-corrected chi connectivity index (χ4v) is 9.66. The van der Waals surface area contributed by atoms with Gasteiger partial charge in [-0.3, -0.25) is 19.9 Å². The van der Waals surface area contributed by atoms with Crippen LogP contribution in [0.3, 0.4) is 0 Å². The molecule has 0 atom stereocenters. The Bertz CT molecular complexity index is 3770. The Morgan fingerprint density at radius 2 is 0.988 bits per heavy atom. The number of ether oxygens (including phenoxy) is 3. The van der Waals surface area contributed by atoms with Crippen molar-refractivity contribution >= 4 is 46.3 Å². The number of pyridine rings is 5. The Balaban J connectivity index is 0.000000255. The van der Waals surface area contributed by atoms with E-state index >= 15 is 0 Å². The Kier molecular flexibility index (Phi) is 19.6. The van der Waals surface area contributed by atoms with Crippen LogP contribution in [0.25, 0.3) is 66.3 Å². The molecule has 0 bridgehead atoms. The first-order chi connectivity index (χ1) is 39.0. The second-order valence-corrected chi connectivity index (χ2v) is 18.5. The van der Waals surface area contributed by atoms with Gasteiger partial charge in [0.15, 0.2) is 0 Å². The van der Waals surface area contributed by atoms with Gasteiger partial charge in [0, 0.05) is 51.2 Å². The zero-order valence-electron chi connectivity index (χ0n) is 44.2. The van der Waals surface area contributed by atoms with Crippen molar-refractivity contribution in [2.75, 3.05) is 26.2 Å². The van der Waals surface area contributed by atoms with Crippen molar-refractivity contribution in [2.24, 2.45) is 0 Å². The van der Waals surface area contributed by atoms with E-state index in [4.69, 9.17) is 44.7 Å². The summed E-state index contributed by atoms with van der Waals surface area (Å²) < 4.78 is 16.4. The van der Waals surface area contributed by atoms with Crippen LogP contribution in [0.15, 0.2) is 176 Å². The smallest absolute Gasteiger partial charge is 0.516 e. The van der Waals surface area contributed by atoms with Crippen LogP contribution in [0.1, 0.15) is 42.2 Å². The van der Waals surface area contributed by atoms with E-state index in [-0.39, 0.29) is 58.9 Å². The summed E-state index contributed by atoms with van der Waals surface area (Å²) >= 11 is 1.77. The molecular weight excluding hydrogens is 1160 g/mol. The third kappa shape index (κ3) is 14.5. The molecule has 0 amide bonds. The average molecular weight is 1200 g/mol. The number of benzene rings is 4. The Morgan fingerprint density at radius 1 is 0.512 bits per heavy atom. The van der Waals surface area contributed by atoms with Crippen LogP contribution in [0.5, 0.6) is 17.2 Å². The molecule has 6 aromatic heterocycles. The molecule has 0 radical (unpaired) electrons. The van der Waals surface area contributed by atoms with E-state index in [1.54, 1.807) is 38.9 Å². The average Bonchev–Trinajstić information content (AvgIpc) is 4.16. The van der Waals surface area contributed by atoms with Crippen LogP contribution in [0, 0.1) is 35.2 Å². The van der Waals surface area contributed by atoms with Crippen LogP contribution in [0.4, 0.5) is 17.1 Å². The van der Waals surface area contributed by atoms with Crippen LogP contribution in [0.2, 0.25) is 0 Å². The molecule has 0 saturated carbocycles. The third-order valence-corrected chi connectivity index (χ3v) is 13.4. The maximum Gasteiger partial charge on any atom is 2.00 e. The fourth-order valence-electron chi connectivity index (χ4n) is 8.49. The summed E-state index contributed by atoms with van der Waals surface area (Å²) in [5, 5.41) is 42.3. The molecule has 412 valence electrons. The Morgan fingerprint density at radius 3 is 1.48 bits per heavy atom. The molecule has 0 aliphatic rings. The van der Waals surface area contributed by atoms with Crippen molar-refractivity contribution in [3.05, 3.63) is 226 Å². The van der Waals surface area contributed by atoms with Crippen molar-refractivity contribution in [3.8, 4) is 83.6 Å². The first-order valence-electron chi connectivity index (χ1n) is 24.3. The van der Waals surface area contributed by atoms with Crippen molar-refractivity contribution in [3.63, 3.8) is 0 Å². The molecule has 3 N–H and O–H groups in total. The summed E-state index contributed by atoms with van der Waals surface area (Å²) in [5.74, 6) is -1.26. The molecule has 21 heteroatoms.